The third-order valence-corrected chi connectivity index (χ3v) is 4.95. The van der Waals surface area contributed by atoms with Crippen molar-refractivity contribution in [2.24, 2.45) is 7.05 Å². The Balaban J connectivity index is 2.20. The molecular formula is C16H20N2O3S. The van der Waals surface area contributed by atoms with Gasteiger partial charge in [0.1, 0.15) is 5.69 Å². The third kappa shape index (κ3) is 3.39. The Morgan fingerprint density at radius 2 is 1.77 bits per heavy atom. The van der Waals surface area contributed by atoms with Crippen LogP contribution in [0.1, 0.15) is 35.1 Å². The number of carbonyl (C=O) groups excluding carboxylic acids is 1. The lowest BCUT2D eigenvalue weighted by atomic mass is 10.1. The van der Waals surface area contributed by atoms with Gasteiger partial charge in [0.25, 0.3) is 15.9 Å². The summed E-state index contributed by atoms with van der Waals surface area (Å²) < 4.78 is 28.3. The summed E-state index contributed by atoms with van der Waals surface area (Å²) in [6.45, 7) is 3.91. The Hall–Kier alpha value is -2.08. The second-order valence-corrected chi connectivity index (χ2v) is 6.93. The maximum Gasteiger partial charge on any atom is 0.281 e. The van der Waals surface area contributed by atoms with E-state index in [4.69, 9.17) is 0 Å². The average Bonchev–Trinajstić information content (AvgIpc) is 2.79. The lowest BCUT2D eigenvalue weighted by Crippen LogP contribution is -2.31. The minimum Gasteiger partial charge on any atom is -0.344 e. The Morgan fingerprint density at radius 1 is 1.14 bits per heavy atom. The average molecular weight is 320 g/mol. The number of rotatable bonds is 5. The summed E-state index contributed by atoms with van der Waals surface area (Å²) in [4.78, 5) is 12.2. The molecule has 2 rings (SSSR count). The number of hydrogen-bond donors (Lipinski definition) is 1. The molecule has 1 aromatic heterocycles. The van der Waals surface area contributed by atoms with E-state index in [0.717, 1.165) is 24.1 Å². The molecule has 1 amide bonds. The molecule has 1 heterocycles. The van der Waals surface area contributed by atoms with Crippen LogP contribution >= 0.6 is 0 Å². The van der Waals surface area contributed by atoms with Crippen molar-refractivity contribution in [3.8, 4) is 0 Å². The van der Waals surface area contributed by atoms with Gasteiger partial charge in [-0.2, -0.15) is 0 Å². The van der Waals surface area contributed by atoms with Gasteiger partial charge in [-0.15, -0.1) is 0 Å². The van der Waals surface area contributed by atoms with Gasteiger partial charge in [-0.05, 0) is 43.2 Å². The van der Waals surface area contributed by atoms with Crippen LogP contribution in [0.25, 0.3) is 0 Å². The first-order valence-electron chi connectivity index (χ1n) is 7.13. The Bertz CT molecular complexity index is 774. The molecule has 0 fully saturated rings. The summed E-state index contributed by atoms with van der Waals surface area (Å²) in [6.07, 6.45) is 1.89. The molecule has 0 bridgehead atoms. The molecule has 0 aliphatic rings. The lowest BCUT2D eigenvalue weighted by Gasteiger charge is -2.09. The number of benzene rings is 1. The zero-order valence-corrected chi connectivity index (χ0v) is 13.8. The van der Waals surface area contributed by atoms with Crippen LogP contribution in [0.4, 0.5) is 0 Å². The molecule has 118 valence electrons. The topological polar surface area (TPSA) is 68.2 Å². The smallest absolute Gasteiger partial charge is 0.281 e. The minimum atomic E-state index is -3.86. The van der Waals surface area contributed by atoms with Crippen LogP contribution in [0, 0.1) is 6.92 Å². The highest BCUT2D eigenvalue weighted by molar-refractivity contribution is 7.90. The highest BCUT2D eigenvalue weighted by atomic mass is 32.2. The summed E-state index contributed by atoms with van der Waals surface area (Å²) in [5.41, 5.74) is 2.26. The van der Waals surface area contributed by atoms with Crippen LogP contribution in [0.5, 0.6) is 0 Å². The predicted octanol–water partition coefficient (Wildman–Crippen LogP) is 2.40. The molecule has 0 saturated carbocycles. The van der Waals surface area contributed by atoms with Crippen molar-refractivity contribution in [1.29, 1.82) is 0 Å². The van der Waals surface area contributed by atoms with E-state index in [1.807, 2.05) is 6.92 Å². The summed E-state index contributed by atoms with van der Waals surface area (Å²) in [7, 11) is -2.14. The largest absolute Gasteiger partial charge is 0.344 e. The number of aromatic nitrogens is 1. The van der Waals surface area contributed by atoms with Crippen molar-refractivity contribution in [2.45, 2.75) is 31.6 Å². The fourth-order valence-corrected chi connectivity index (χ4v) is 3.16. The fraction of sp³-hybridized carbons (Fsp3) is 0.312. The highest BCUT2D eigenvalue weighted by Gasteiger charge is 2.20. The molecule has 0 radical (unpaired) electrons. The summed E-state index contributed by atoms with van der Waals surface area (Å²) >= 11 is 0. The van der Waals surface area contributed by atoms with Gasteiger partial charge < -0.3 is 4.57 Å². The quantitative estimate of drug-likeness (QED) is 0.920. The van der Waals surface area contributed by atoms with E-state index >= 15 is 0 Å². The molecule has 1 aromatic carbocycles. The Morgan fingerprint density at radius 3 is 2.27 bits per heavy atom. The zero-order valence-electron chi connectivity index (χ0n) is 13.0. The van der Waals surface area contributed by atoms with Crippen molar-refractivity contribution in [3.05, 3.63) is 53.3 Å². The molecule has 1 N–H and O–H groups in total. The Labute approximate surface area is 131 Å². The van der Waals surface area contributed by atoms with Gasteiger partial charge in [0.15, 0.2) is 0 Å². The molecule has 6 heteroatoms. The van der Waals surface area contributed by atoms with Gasteiger partial charge in [0, 0.05) is 12.7 Å². The van der Waals surface area contributed by atoms with Crippen LogP contribution < -0.4 is 4.72 Å². The Kier molecular flexibility index (Phi) is 4.71. The second-order valence-electron chi connectivity index (χ2n) is 5.25. The zero-order chi connectivity index (χ0) is 16.3. The van der Waals surface area contributed by atoms with Gasteiger partial charge in [-0.1, -0.05) is 25.5 Å². The molecule has 0 saturated heterocycles. The van der Waals surface area contributed by atoms with Gasteiger partial charge in [-0.25, -0.2) is 13.1 Å². The number of nitrogens with zero attached hydrogens (tertiary/aromatic N) is 1. The van der Waals surface area contributed by atoms with Gasteiger partial charge >= 0.3 is 0 Å². The van der Waals surface area contributed by atoms with Gasteiger partial charge in [0.05, 0.1) is 4.90 Å². The van der Waals surface area contributed by atoms with E-state index in [9.17, 15) is 13.2 Å². The third-order valence-electron chi connectivity index (χ3n) is 3.60. The molecular weight excluding hydrogens is 300 g/mol. The maximum absolute atomic E-state index is 12.3. The van der Waals surface area contributed by atoms with Crippen LogP contribution in [-0.2, 0) is 23.5 Å². The van der Waals surface area contributed by atoms with Crippen LogP contribution in [-0.4, -0.2) is 18.9 Å². The molecule has 0 unspecified atom stereocenters. The standard InChI is InChI=1S/C16H20N2O3S/c1-4-5-13-7-9-14(10-8-13)22(20,21)17-16(19)15-11-6-12(2)18(15)3/h6-11H,4-5H2,1-3H3,(H,17,19). The molecule has 22 heavy (non-hydrogen) atoms. The molecule has 0 atom stereocenters. The summed E-state index contributed by atoms with van der Waals surface area (Å²) in [6, 6.07) is 9.96. The monoisotopic (exact) mass is 320 g/mol. The number of amides is 1. The molecule has 0 aliphatic carbocycles. The first-order valence-corrected chi connectivity index (χ1v) is 8.62. The summed E-state index contributed by atoms with van der Waals surface area (Å²) in [5.74, 6) is -0.631. The van der Waals surface area contributed by atoms with E-state index in [2.05, 4.69) is 11.6 Å². The number of nitrogens with one attached hydrogen (secondary N) is 1. The molecule has 2 aromatic rings. The van der Waals surface area contributed by atoms with Crippen LogP contribution in [0.3, 0.4) is 0 Å². The molecule has 5 nitrogen and oxygen atoms in total. The van der Waals surface area contributed by atoms with Crippen molar-refractivity contribution in [1.82, 2.24) is 9.29 Å². The highest BCUT2D eigenvalue weighted by Crippen LogP contribution is 2.13. The fourth-order valence-electron chi connectivity index (χ4n) is 2.20. The first kappa shape index (κ1) is 16.3. The van der Waals surface area contributed by atoms with E-state index in [-0.39, 0.29) is 4.90 Å². The number of aryl methyl sites for hydroxylation is 2. The van der Waals surface area contributed by atoms with E-state index in [1.54, 1.807) is 35.9 Å². The van der Waals surface area contributed by atoms with Crippen LogP contribution in [0.2, 0.25) is 0 Å². The number of sulfonamides is 1. The lowest BCUT2D eigenvalue weighted by molar-refractivity contribution is 0.0973. The SMILES string of the molecule is CCCc1ccc(S(=O)(=O)NC(=O)c2ccc(C)n2C)cc1. The number of carbonyl (C=O) groups is 1. The van der Waals surface area contributed by atoms with Crippen molar-refractivity contribution >= 4 is 15.9 Å². The summed E-state index contributed by atoms with van der Waals surface area (Å²) in [5, 5.41) is 0. The predicted molar refractivity (Wildman–Crippen MR) is 85.2 cm³/mol. The van der Waals surface area contributed by atoms with Gasteiger partial charge in [0.2, 0.25) is 0 Å². The van der Waals surface area contributed by atoms with E-state index in [0.29, 0.717) is 5.69 Å². The van der Waals surface area contributed by atoms with Crippen molar-refractivity contribution in [2.75, 3.05) is 0 Å². The first-order chi connectivity index (χ1) is 10.3. The van der Waals surface area contributed by atoms with E-state index < -0.39 is 15.9 Å². The van der Waals surface area contributed by atoms with Crippen molar-refractivity contribution < 1.29 is 13.2 Å². The number of hydrogen-bond acceptors (Lipinski definition) is 3. The second kappa shape index (κ2) is 6.36. The molecule has 0 aliphatic heterocycles. The maximum atomic E-state index is 12.3. The van der Waals surface area contributed by atoms with E-state index in [1.165, 1.54) is 12.1 Å². The minimum absolute atomic E-state index is 0.0895. The van der Waals surface area contributed by atoms with Crippen molar-refractivity contribution in [3.63, 3.8) is 0 Å². The molecule has 0 spiro atoms. The normalized spacial score (nSPS) is 11.4. The van der Waals surface area contributed by atoms with Crippen LogP contribution in [0.15, 0.2) is 41.3 Å². The van der Waals surface area contributed by atoms with Gasteiger partial charge in [-0.3, -0.25) is 4.79 Å².